The molecule has 0 aromatic heterocycles. The minimum Gasteiger partial charge on any atom is -0.489 e. The van der Waals surface area contributed by atoms with E-state index in [1.165, 1.54) is 11.8 Å². The summed E-state index contributed by atoms with van der Waals surface area (Å²) >= 11 is 4.68. The highest BCUT2D eigenvalue weighted by molar-refractivity contribution is 9.10. The van der Waals surface area contributed by atoms with Crippen LogP contribution in [0, 0.1) is 0 Å². The fourth-order valence-corrected chi connectivity index (χ4v) is 3.61. The molecule has 0 spiro atoms. The van der Waals surface area contributed by atoms with E-state index < -0.39 is 0 Å². The highest BCUT2D eigenvalue weighted by Crippen LogP contribution is 2.30. The quantitative estimate of drug-likeness (QED) is 0.495. The van der Waals surface area contributed by atoms with Crippen LogP contribution in [-0.2, 0) is 6.61 Å². The predicted molar refractivity (Wildman–Crippen MR) is 102 cm³/mol. The number of carbonyl (C=O) groups is 1. The Morgan fingerprint density at radius 3 is 2.29 bits per heavy atom. The summed E-state index contributed by atoms with van der Waals surface area (Å²) in [5.41, 5.74) is 1.79. The maximum Gasteiger partial charge on any atom is 0.224 e. The molecule has 0 aliphatic rings. The Balaban J connectivity index is 1.70. The van der Waals surface area contributed by atoms with Gasteiger partial charge in [0.25, 0.3) is 0 Å². The molecule has 120 valence electrons. The first kappa shape index (κ1) is 16.8. The molecule has 0 heterocycles. The van der Waals surface area contributed by atoms with E-state index in [0.717, 1.165) is 20.7 Å². The van der Waals surface area contributed by atoms with Gasteiger partial charge in [0, 0.05) is 14.9 Å². The van der Waals surface area contributed by atoms with Crippen molar-refractivity contribution < 1.29 is 9.53 Å². The number of hydrogen-bond acceptors (Lipinski definition) is 3. The summed E-state index contributed by atoms with van der Waals surface area (Å²) in [6.45, 7) is 0.494. The van der Waals surface area contributed by atoms with Crippen LogP contribution in [0.1, 0.15) is 15.9 Å². The van der Waals surface area contributed by atoms with Gasteiger partial charge in [-0.05, 0) is 35.5 Å². The molecule has 4 heteroatoms. The second kappa shape index (κ2) is 8.18. The lowest BCUT2D eigenvalue weighted by atomic mass is 10.2. The van der Waals surface area contributed by atoms with Crippen LogP contribution in [0.15, 0.2) is 88.2 Å². The maximum atomic E-state index is 12.3. The molecule has 0 aliphatic carbocycles. The molecule has 24 heavy (non-hydrogen) atoms. The van der Waals surface area contributed by atoms with E-state index in [9.17, 15) is 4.79 Å². The second-order valence-electron chi connectivity index (χ2n) is 5.15. The standard InChI is InChI=1S/C20H15BrO2S/c21-17-11-18(23-14-15-7-3-1-4-8-15)13-19(12-17)24-20(22)16-9-5-2-6-10-16/h1-13H,14H2. The van der Waals surface area contributed by atoms with Gasteiger partial charge in [-0.25, -0.2) is 0 Å². The summed E-state index contributed by atoms with van der Waals surface area (Å²) in [5.74, 6) is 0.733. The summed E-state index contributed by atoms with van der Waals surface area (Å²) in [6.07, 6.45) is 0. The lowest BCUT2D eigenvalue weighted by Crippen LogP contribution is -1.96. The number of carbonyl (C=O) groups excluding carboxylic acids is 1. The molecule has 0 amide bonds. The molecule has 0 saturated carbocycles. The predicted octanol–water partition coefficient (Wildman–Crippen LogP) is 5.96. The van der Waals surface area contributed by atoms with E-state index in [-0.39, 0.29) is 5.12 Å². The molecule has 0 saturated heterocycles. The van der Waals surface area contributed by atoms with Crippen molar-refractivity contribution >= 4 is 32.8 Å². The third kappa shape index (κ3) is 4.73. The number of thioether (sulfide) groups is 1. The van der Waals surface area contributed by atoms with Crippen molar-refractivity contribution in [2.45, 2.75) is 11.5 Å². The monoisotopic (exact) mass is 398 g/mol. The van der Waals surface area contributed by atoms with E-state index in [1.54, 1.807) is 0 Å². The van der Waals surface area contributed by atoms with Gasteiger partial charge in [-0.3, -0.25) is 4.79 Å². The molecule has 0 bridgehead atoms. The van der Waals surface area contributed by atoms with Gasteiger partial charge in [0.05, 0.1) is 0 Å². The third-order valence-electron chi connectivity index (χ3n) is 3.31. The lowest BCUT2D eigenvalue weighted by molar-refractivity contribution is 0.108. The van der Waals surface area contributed by atoms with Crippen molar-refractivity contribution in [1.82, 2.24) is 0 Å². The van der Waals surface area contributed by atoms with E-state index in [2.05, 4.69) is 15.9 Å². The lowest BCUT2D eigenvalue weighted by Gasteiger charge is -2.09. The number of halogens is 1. The van der Waals surface area contributed by atoms with E-state index in [4.69, 9.17) is 4.74 Å². The average molecular weight is 399 g/mol. The molecule has 0 radical (unpaired) electrons. The average Bonchev–Trinajstić information content (AvgIpc) is 2.61. The molecule has 2 nitrogen and oxygen atoms in total. The van der Waals surface area contributed by atoms with Crippen molar-refractivity contribution in [2.75, 3.05) is 0 Å². The minimum atomic E-state index is 0.0164. The first-order valence-electron chi connectivity index (χ1n) is 7.45. The summed E-state index contributed by atoms with van der Waals surface area (Å²) in [7, 11) is 0. The summed E-state index contributed by atoms with van der Waals surface area (Å²) < 4.78 is 6.73. The van der Waals surface area contributed by atoms with Gasteiger partial charge in [-0.1, -0.05) is 76.6 Å². The molecule has 0 N–H and O–H groups in total. The minimum absolute atomic E-state index is 0.0164. The van der Waals surface area contributed by atoms with Crippen molar-refractivity contribution in [3.8, 4) is 5.75 Å². The molecular formula is C20H15BrO2S. The topological polar surface area (TPSA) is 26.3 Å². The Hall–Kier alpha value is -2.04. The highest BCUT2D eigenvalue weighted by Gasteiger charge is 2.09. The van der Waals surface area contributed by atoms with Gasteiger partial charge >= 0.3 is 0 Å². The normalized spacial score (nSPS) is 10.4. The van der Waals surface area contributed by atoms with E-state index in [0.29, 0.717) is 12.2 Å². The second-order valence-corrected chi connectivity index (χ2v) is 7.11. The van der Waals surface area contributed by atoms with Crippen molar-refractivity contribution in [3.63, 3.8) is 0 Å². The molecule has 3 aromatic rings. The number of ether oxygens (including phenoxy) is 1. The van der Waals surface area contributed by atoms with Crippen LogP contribution in [0.4, 0.5) is 0 Å². The maximum absolute atomic E-state index is 12.3. The Labute approximate surface area is 154 Å². The zero-order valence-corrected chi connectivity index (χ0v) is 15.2. The van der Waals surface area contributed by atoms with Gasteiger partial charge in [-0.15, -0.1) is 0 Å². The molecule has 3 rings (SSSR count). The van der Waals surface area contributed by atoms with Crippen molar-refractivity contribution in [3.05, 3.63) is 94.5 Å². The molecule has 0 atom stereocenters. The summed E-state index contributed by atoms with van der Waals surface area (Å²) in [5, 5.41) is 0.0164. The first-order chi connectivity index (χ1) is 11.7. The Morgan fingerprint density at radius 1 is 0.917 bits per heavy atom. The molecular weight excluding hydrogens is 384 g/mol. The smallest absolute Gasteiger partial charge is 0.224 e. The van der Waals surface area contributed by atoms with Crippen LogP contribution in [0.5, 0.6) is 5.75 Å². The number of rotatable bonds is 5. The van der Waals surface area contributed by atoms with E-state index in [1.807, 2.05) is 78.9 Å². The fraction of sp³-hybridized carbons (Fsp3) is 0.0500. The van der Waals surface area contributed by atoms with Gasteiger partial charge in [0.2, 0.25) is 5.12 Å². The third-order valence-corrected chi connectivity index (χ3v) is 4.66. The zero-order valence-electron chi connectivity index (χ0n) is 12.8. The van der Waals surface area contributed by atoms with Crippen molar-refractivity contribution in [1.29, 1.82) is 0 Å². The van der Waals surface area contributed by atoms with Crippen LogP contribution in [0.3, 0.4) is 0 Å². The molecule has 0 fully saturated rings. The van der Waals surface area contributed by atoms with E-state index >= 15 is 0 Å². The van der Waals surface area contributed by atoms with Gasteiger partial charge in [-0.2, -0.15) is 0 Å². The van der Waals surface area contributed by atoms with Gasteiger partial charge in [0.1, 0.15) is 12.4 Å². The summed E-state index contributed by atoms with van der Waals surface area (Å²) in [4.78, 5) is 13.2. The summed E-state index contributed by atoms with van der Waals surface area (Å²) in [6, 6.07) is 25.0. The van der Waals surface area contributed by atoms with Crippen LogP contribution >= 0.6 is 27.7 Å². The molecule has 0 aliphatic heterocycles. The Bertz CT molecular complexity index is 820. The van der Waals surface area contributed by atoms with Gasteiger partial charge < -0.3 is 4.74 Å². The Morgan fingerprint density at radius 2 is 1.58 bits per heavy atom. The largest absolute Gasteiger partial charge is 0.489 e. The zero-order chi connectivity index (χ0) is 16.8. The van der Waals surface area contributed by atoms with Crippen LogP contribution in [0.25, 0.3) is 0 Å². The molecule has 0 unspecified atom stereocenters. The van der Waals surface area contributed by atoms with Crippen LogP contribution < -0.4 is 4.74 Å². The molecule has 3 aromatic carbocycles. The SMILES string of the molecule is O=C(Sc1cc(Br)cc(OCc2ccccc2)c1)c1ccccc1. The highest BCUT2D eigenvalue weighted by atomic mass is 79.9. The van der Waals surface area contributed by atoms with Gasteiger partial charge in [0.15, 0.2) is 0 Å². The number of benzene rings is 3. The van der Waals surface area contributed by atoms with Crippen molar-refractivity contribution in [2.24, 2.45) is 0 Å². The first-order valence-corrected chi connectivity index (χ1v) is 9.06. The number of hydrogen-bond donors (Lipinski definition) is 0. The fourth-order valence-electron chi connectivity index (χ4n) is 2.16. The van der Waals surface area contributed by atoms with Crippen LogP contribution in [0.2, 0.25) is 0 Å². The Kier molecular flexibility index (Phi) is 5.72. The van der Waals surface area contributed by atoms with Crippen LogP contribution in [-0.4, -0.2) is 5.12 Å².